The maximum absolute atomic E-state index is 15.3. The molecule has 49 heavy (non-hydrogen) atoms. The molecule has 0 radical (unpaired) electrons. The van der Waals surface area contributed by atoms with E-state index in [1.54, 1.807) is 6.07 Å². The van der Waals surface area contributed by atoms with Crippen molar-refractivity contribution in [3.05, 3.63) is 97.0 Å². The molecule has 1 fully saturated rings. The third-order valence-corrected chi connectivity index (χ3v) is 10.4. The van der Waals surface area contributed by atoms with Crippen LogP contribution in [0.3, 0.4) is 0 Å². The number of halogens is 5. The molecule has 2 N–H and O–H groups in total. The number of rotatable bonds is 9. The molecule has 7 rings (SSSR count). The second kappa shape index (κ2) is 13.5. The molecule has 3 aliphatic rings. The average Bonchev–Trinajstić information content (AvgIpc) is 3.79. The van der Waals surface area contributed by atoms with E-state index in [1.807, 2.05) is 49.0 Å². The zero-order valence-electron chi connectivity index (χ0n) is 26.6. The van der Waals surface area contributed by atoms with Crippen LogP contribution >= 0.6 is 34.8 Å². The minimum absolute atomic E-state index is 0.189. The number of imidazole rings is 1. The van der Waals surface area contributed by atoms with Crippen LogP contribution in [0.25, 0.3) is 11.1 Å². The maximum atomic E-state index is 15.3. The minimum atomic E-state index is -1.07. The Balaban J connectivity index is 1.11. The van der Waals surface area contributed by atoms with Crippen molar-refractivity contribution in [2.75, 3.05) is 18.9 Å². The van der Waals surface area contributed by atoms with E-state index >= 15 is 8.78 Å². The summed E-state index contributed by atoms with van der Waals surface area (Å²) in [5.74, 6) is -3.16. The van der Waals surface area contributed by atoms with Gasteiger partial charge in [0.2, 0.25) is 0 Å². The highest BCUT2D eigenvalue weighted by atomic mass is 35.5. The predicted octanol–water partition coefficient (Wildman–Crippen LogP) is 7.59. The highest BCUT2D eigenvalue weighted by molar-refractivity contribution is 6.37. The van der Waals surface area contributed by atoms with Gasteiger partial charge in [0, 0.05) is 43.4 Å². The van der Waals surface area contributed by atoms with E-state index in [9.17, 15) is 9.59 Å². The molecule has 2 heterocycles. The molecule has 3 aromatic carbocycles. The van der Waals surface area contributed by atoms with Gasteiger partial charge in [-0.25, -0.2) is 13.8 Å². The molecular weight excluding hydrogens is 699 g/mol. The van der Waals surface area contributed by atoms with E-state index in [4.69, 9.17) is 44.4 Å². The highest BCUT2D eigenvalue weighted by Gasteiger charge is 2.33. The van der Waals surface area contributed by atoms with Crippen molar-refractivity contribution in [2.24, 2.45) is 13.0 Å². The normalized spacial score (nSPS) is 17.1. The van der Waals surface area contributed by atoms with Crippen LogP contribution in [0.15, 0.2) is 36.4 Å². The Morgan fingerprint density at radius 3 is 2.41 bits per heavy atom. The molecule has 14 heteroatoms. The van der Waals surface area contributed by atoms with Gasteiger partial charge in [0.15, 0.2) is 23.2 Å². The summed E-state index contributed by atoms with van der Waals surface area (Å²) in [6.07, 6.45) is 2.71. The number of amides is 1. The first-order valence-electron chi connectivity index (χ1n) is 15.9. The lowest BCUT2D eigenvalue weighted by molar-refractivity contribution is -0.153. The Hall–Kier alpha value is -3.74. The number of benzene rings is 3. The van der Waals surface area contributed by atoms with E-state index in [2.05, 4.69) is 20.7 Å². The van der Waals surface area contributed by atoms with E-state index < -0.39 is 45.9 Å². The fraction of sp³-hybridized carbons (Fsp3) is 0.343. The summed E-state index contributed by atoms with van der Waals surface area (Å²) in [5.41, 5.74) is 7.46. The number of ether oxygens (including phenoxy) is 1. The molecule has 0 spiro atoms. The number of carbonyl (C=O) groups is 2. The van der Waals surface area contributed by atoms with E-state index in [0.29, 0.717) is 41.5 Å². The Morgan fingerprint density at radius 2 is 1.67 bits per heavy atom. The lowest BCUT2D eigenvalue weighted by Gasteiger charge is -2.21. The van der Waals surface area contributed by atoms with Gasteiger partial charge in [-0.2, -0.15) is 0 Å². The lowest BCUT2D eigenvalue weighted by atomic mass is 9.96. The van der Waals surface area contributed by atoms with Crippen LogP contribution < -0.4 is 15.5 Å². The fourth-order valence-electron chi connectivity index (χ4n) is 6.51. The molecule has 0 bridgehead atoms. The number of nitrogens with one attached hydrogen (secondary N) is 2. The van der Waals surface area contributed by atoms with Crippen LogP contribution in [0.4, 0.5) is 14.5 Å². The van der Waals surface area contributed by atoms with Crippen molar-refractivity contribution >= 4 is 52.4 Å². The zero-order chi connectivity index (χ0) is 34.6. The summed E-state index contributed by atoms with van der Waals surface area (Å²) in [4.78, 5) is 36.8. The average molecular weight is 731 g/mol. The van der Waals surface area contributed by atoms with Crippen molar-refractivity contribution in [3.8, 4) is 16.9 Å². The first kappa shape index (κ1) is 33.7. The third-order valence-electron chi connectivity index (χ3n) is 9.31. The number of likely N-dealkylation sites (N-methyl/N-ethyl adjacent to an activating group) is 1. The van der Waals surface area contributed by atoms with Crippen molar-refractivity contribution in [2.45, 2.75) is 51.3 Å². The Kier molecular flexibility index (Phi) is 9.31. The molecule has 1 aromatic heterocycles. The predicted molar refractivity (Wildman–Crippen MR) is 182 cm³/mol. The zero-order valence-corrected chi connectivity index (χ0v) is 28.9. The van der Waals surface area contributed by atoms with Gasteiger partial charge < -0.3 is 24.4 Å². The van der Waals surface area contributed by atoms with Crippen LogP contribution in [-0.4, -0.2) is 39.9 Å². The Morgan fingerprint density at radius 1 is 0.959 bits per heavy atom. The van der Waals surface area contributed by atoms with Crippen LogP contribution in [0.1, 0.15) is 64.1 Å². The van der Waals surface area contributed by atoms with Gasteiger partial charge in [0.05, 0.1) is 28.9 Å². The molecular formula is C35H32Cl3F2N5O4. The van der Waals surface area contributed by atoms with E-state index in [-0.39, 0.29) is 17.6 Å². The molecule has 1 amide bonds. The summed E-state index contributed by atoms with van der Waals surface area (Å²) in [6.45, 7) is 1.11. The smallest absolute Gasteiger partial charge is 0.327 e. The SMILES string of the molecule is CN1CCc2c(nc(C(=O)Nc3cccc(-c4cccc5c4CCC5Oc4c(Cl)c(F)c(CNOC(=O)C5CC5)c(F)c4Cl)c3Cl)n2C)C1. The van der Waals surface area contributed by atoms with Gasteiger partial charge >= 0.3 is 5.97 Å². The van der Waals surface area contributed by atoms with Gasteiger partial charge in [-0.05, 0) is 55.5 Å². The number of hydrogen-bond acceptors (Lipinski definition) is 7. The molecule has 2 aliphatic carbocycles. The molecule has 1 unspecified atom stereocenters. The van der Waals surface area contributed by atoms with Crippen molar-refractivity contribution in [1.29, 1.82) is 0 Å². The second-order valence-corrected chi connectivity index (χ2v) is 13.7. The summed E-state index contributed by atoms with van der Waals surface area (Å²) in [7, 11) is 3.87. The van der Waals surface area contributed by atoms with E-state index in [0.717, 1.165) is 53.9 Å². The molecule has 9 nitrogen and oxygen atoms in total. The van der Waals surface area contributed by atoms with Crippen LogP contribution in [0, 0.1) is 17.6 Å². The largest absolute Gasteiger partial charge is 0.482 e. The lowest BCUT2D eigenvalue weighted by Crippen LogP contribution is -2.27. The fourth-order valence-corrected chi connectivity index (χ4v) is 7.34. The number of fused-ring (bicyclic) bond motifs is 2. The van der Waals surface area contributed by atoms with Crippen LogP contribution in [0.5, 0.6) is 5.75 Å². The monoisotopic (exact) mass is 729 g/mol. The molecule has 1 atom stereocenters. The number of carbonyl (C=O) groups excluding carboxylic acids is 2. The van der Waals surface area contributed by atoms with Crippen LogP contribution in [0.2, 0.25) is 15.1 Å². The standard InChI is InChI=1S/C35H32Cl3F2N5O4/c1-44-14-13-25-24(16-44)42-33(45(25)2)34(46)43-23-8-4-7-21(27(23)36)18-5-3-6-20-19(18)11-12-26(20)48-32-28(37)30(39)22(31(40)29(32)38)15-41-49-35(47)17-9-10-17/h3-8,17,26,41H,9-16H2,1-2H3,(H,43,46). The first-order chi connectivity index (χ1) is 23.5. The topological polar surface area (TPSA) is 97.7 Å². The Bertz CT molecular complexity index is 1970. The molecule has 1 aliphatic heterocycles. The molecule has 0 saturated heterocycles. The highest BCUT2D eigenvalue weighted by Crippen LogP contribution is 2.47. The summed E-state index contributed by atoms with van der Waals surface area (Å²) < 4.78 is 38.5. The van der Waals surface area contributed by atoms with Crippen molar-refractivity contribution < 1.29 is 27.9 Å². The number of hydroxylamine groups is 1. The van der Waals surface area contributed by atoms with Crippen molar-refractivity contribution in [1.82, 2.24) is 19.9 Å². The van der Waals surface area contributed by atoms with E-state index in [1.165, 1.54) is 0 Å². The molecule has 256 valence electrons. The summed E-state index contributed by atoms with van der Waals surface area (Å²) in [6, 6.07) is 11.1. The van der Waals surface area contributed by atoms with Crippen molar-refractivity contribution in [3.63, 3.8) is 0 Å². The number of hydrogen-bond donors (Lipinski definition) is 2. The van der Waals surface area contributed by atoms with Gasteiger partial charge in [0.1, 0.15) is 16.1 Å². The van der Waals surface area contributed by atoms with Gasteiger partial charge in [-0.3, -0.25) is 9.59 Å². The first-order valence-corrected chi connectivity index (χ1v) is 17.1. The number of anilines is 1. The minimum Gasteiger partial charge on any atom is -0.482 e. The Labute approximate surface area is 296 Å². The van der Waals surface area contributed by atoms with Gasteiger partial charge in [-0.15, -0.1) is 5.48 Å². The van der Waals surface area contributed by atoms with Gasteiger partial charge in [0.25, 0.3) is 5.91 Å². The molecule has 1 saturated carbocycles. The maximum Gasteiger partial charge on any atom is 0.327 e. The van der Waals surface area contributed by atoms with Gasteiger partial charge in [-0.1, -0.05) is 65.1 Å². The number of aromatic nitrogens is 2. The number of nitrogens with zero attached hydrogens (tertiary/aromatic N) is 3. The molecule has 4 aromatic rings. The quantitative estimate of drug-likeness (QED) is 0.135. The summed E-state index contributed by atoms with van der Waals surface area (Å²) >= 11 is 19.6. The van der Waals surface area contributed by atoms with Crippen LogP contribution in [-0.2, 0) is 42.6 Å². The second-order valence-electron chi connectivity index (χ2n) is 12.6. The third kappa shape index (κ3) is 6.39. The summed E-state index contributed by atoms with van der Waals surface area (Å²) in [5, 5.41) is 2.34.